The number of rotatable bonds is 3. The number of hydrogen-bond acceptors (Lipinski definition) is 5. The first kappa shape index (κ1) is 8.86. The monoisotopic (exact) mass is 149 g/mol. The van der Waals surface area contributed by atoms with Crippen LogP contribution in [0.5, 0.6) is 0 Å². The van der Waals surface area contributed by atoms with Gasteiger partial charge in [0.2, 0.25) is 0 Å². The molecule has 10 heavy (non-hydrogen) atoms. The Morgan fingerprint density at radius 1 is 1.20 bits per heavy atom. The molecule has 0 aliphatic rings. The van der Waals surface area contributed by atoms with E-state index < -0.39 is 24.1 Å². The average Bonchev–Trinajstić information content (AvgIpc) is 1.84. The van der Waals surface area contributed by atoms with Crippen LogP contribution in [-0.4, -0.2) is 39.5 Å². The van der Waals surface area contributed by atoms with Crippen LogP contribution < -0.4 is 5.11 Å². The molecule has 0 saturated heterocycles. The van der Waals surface area contributed by atoms with Crippen molar-refractivity contribution in [2.24, 2.45) is 0 Å². The summed E-state index contributed by atoms with van der Waals surface area (Å²) in [6.45, 7) is 0. The summed E-state index contributed by atoms with van der Waals surface area (Å²) >= 11 is 0. The lowest BCUT2D eigenvalue weighted by molar-refractivity contribution is -0.318. The Kier molecular flexibility index (Phi) is 2.78. The maximum atomic E-state index is 9.74. The highest BCUT2D eigenvalue weighted by Gasteiger charge is 2.23. The van der Waals surface area contributed by atoms with Crippen molar-refractivity contribution in [2.45, 2.75) is 12.2 Å². The van der Waals surface area contributed by atoms with E-state index in [9.17, 15) is 14.7 Å². The second-order valence-corrected chi connectivity index (χ2v) is 1.55. The summed E-state index contributed by atoms with van der Waals surface area (Å²) in [6.07, 6.45) is -4.71. The van der Waals surface area contributed by atoms with Gasteiger partial charge in [0.15, 0.2) is 6.10 Å². The fourth-order valence-corrected chi connectivity index (χ4v) is 0.264. The summed E-state index contributed by atoms with van der Waals surface area (Å²) in [4.78, 5) is 19.4. The van der Waals surface area contributed by atoms with Crippen molar-refractivity contribution >= 4 is 11.9 Å². The average molecular weight is 149 g/mol. The van der Waals surface area contributed by atoms with Gasteiger partial charge >= 0.3 is 5.97 Å². The van der Waals surface area contributed by atoms with Gasteiger partial charge in [0.05, 0.1) is 5.97 Å². The van der Waals surface area contributed by atoms with Crippen LogP contribution in [0, 0.1) is 0 Å². The predicted molar refractivity (Wildman–Crippen MR) is 24.7 cm³/mol. The van der Waals surface area contributed by atoms with Crippen molar-refractivity contribution in [1.29, 1.82) is 0 Å². The molecule has 0 saturated carbocycles. The zero-order valence-electron chi connectivity index (χ0n) is 4.72. The second-order valence-electron chi connectivity index (χ2n) is 1.55. The third kappa shape index (κ3) is 2.00. The van der Waals surface area contributed by atoms with Crippen molar-refractivity contribution < 1.29 is 30.0 Å². The van der Waals surface area contributed by atoms with Crippen LogP contribution in [0.15, 0.2) is 0 Å². The SMILES string of the molecule is O=C([O-])[C@@H](O)[C@H](O)C(=O)O. The largest absolute Gasteiger partial charge is 0.547 e. The van der Waals surface area contributed by atoms with Gasteiger partial charge in [-0.2, -0.15) is 0 Å². The van der Waals surface area contributed by atoms with E-state index in [1.165, 1.54) is 0 Å². The van der Waals surface area contributed by atoms with Crippen molar-refractivity contribution in [3.63, 3.8) is 0 Å². The number of hydrogen-bond donors (Lipinski definition) is 3. The number of aliphatic hydroxyl groups excluding tert-OH is 2. The molecule has 0 aliphatic carbocycles. The lowest BCUT2D eigenvalue weighted by atomic mass is 10.2. The number of carboxylic acid groups (broad SMARTS) is 2. The van der Waals surface area contributed by atoms with Gasteiger partial charge in [-0.05, 0) is 0 Å². The Labute approximate surface area is 55.3 Å². The predicted octanol–water partition coefficient (Wildman–Crippen LogP) is -3.46. The van der Waals surface area contributed by atoms with Crippen molar-refractivity contribution in [1.82, 2.24) is 0 Å². The van der Waals surface area contributed by atoms with E-state index in [4.69, 9.17) is 15.3 Å². The Hall–Kier alpha value is -1.14. The molecule has 58 valence electrons. The molecule has 0 aliphatic heterocycles. The number of carboxylic acids is 2. The van der Waals surface area contributed by atoms with Crippen LogP contribution in [0.1, 0.15) is 0 Å². The zero-order valence-corrected chi connectivity index (χ0v) is 4.72. The Balaban J connectivity index is 4.07. The second kappa shape index (κ2) is 3.14. The fourth-order valence-electron chi connectivity index (χ4n) is 0.264. The van der Waals surface area contributed by atoms with Crippen LogP contribution in [0.2, 0.25) is 0 Å². The lowest BCUT2D eigenvalue weighted by Gasteiger charge is -2.13. The van der Waals surface area contributed by atoms with E-state index >= 15 is 0 Å². The smallest absolute Gasteiger partial charge is 0.335 e. The summed E-state index contributed by atoms with van der Waals surface area (Å²) < 4.78 is 0. The van der Waals surface area contributed by atoms with Gasteiger partial charge in [0, 0.05) is 0 Å². The first-order valence-corrected chi connectivity index (χ1v) is 2.26. The minimum atomic E-state index is -2.38. The van der Waals surface area contributed by atoms with E-state index in [1.807, 2.05) is 0 Å². The molecule has 0 radical (unpaired) electrons. The van der Waals surface area contributed by atoms with Crippen LogP contribution in [0.4, 0.5) is 0 Å². The molecule has 0 amide bonds. The van der Waals surface area contributed by atoms with Crippen LogP contribution in [0.25, 0.3) is 0 Å². The van der Waals surface area contributed by atoms with Crippen LogP contribution >= 0.6 is 0 Å². The summed E-state index contributed by atoms with van der Waals surface area (Å²) in [5.41, 5.74) is 0. The molecular weight excluding hydrogens is 144 g/mol. The van der Waals surface area contributed by atoms with Crippen molar-refractivity contribution in [2.75, 3.05) is 0 Å². The molecule has 0 aromatic heterocycles. The molecular formula is C4H5O6-. The van der Waals surface area contributed by atoms with Gasteiger partial charge in [-0.25, -0.2) is 4.79 Å². The van der Waals surface area contributed by atoms with Gasteiger partial charge in [0.1, 0.15) is 6.10 Å². The quantitative estimate of drug-likeness (QED) is 0.384. The Bertz CT molecular complexity index is 134. The maximum Gasteiger partial charge on any atom is 0.335 e. The van der Waals surface area contributed by atoms with E-state index in [-0.39, 0.29) is 0 Å². The maximum absolute atomic E-state index is 9.74. The summed E-state index contributed by atoms with van der Waals surface area (Å²) in [5, 5.41) is 34.1. The minimum absolute atomic E-state index is 1.81. The topological polar surface area (TPSA) is 118 Å². The van der Waals surface area contributed by atoms with Crippen molar-refractivity contribution in [3.8, 4) is 0 Å². The highest BCUT2D eigenvalue weighted by molar-refractivity contribution is 5.81. The first-order chi connectivity index (χ1) is 4.46. The van der Waals surface area contributed by atoms with Gasteiger partial charge < -0.3 is 25.2 Å². The Morgan fingerprint density at radius 2 is 1.60 bits per heavy atom. The van der Waals surface area contributed by atoms with E-state index in [0.29, 0.717) is 0 Å². The highest BCUT2D eigenvalue weighted by Crippen LogP contribution is 1.90. The van der Waals surface area contributed by atoms with Gasteiger partial charge in [-0.1, -0.05) is 0 Å². The molecule has 2 atom stereocenters. The molecule has 0 bridgehead atoms. The number of carbonyl (C=O) groups excluding carboxylic acids is 1. The molecule has 0 spiro atoms. The van der Waals surface area contributed by atoms with Crippen LogP contribution in [0.3, 0.4) is 0 Å². The standard InChI is InChI=1S/C4H6O6/c5-1(3(7)8)2(6)4(9)10/h1-2,5-6H,(H,7,8)(H,9,10)/p-1/t1-,2-/m0/s1. The number of aliphatic hydroxyl groups is 2. The molecule has 0 unspecified atom stereocenters. The highest BCUT2D eigenvalue weighted by atomic mass is 16.4. The molecule has 0 aromatic rings. The molecule has 6 heteroatoms. The molecule has 0 fully saturated rings. The lowest BCUT2D eigenvalue weighted by Crippen LogP contribution is -2.46. The first-order valence-electron chi connectivity index (χ1n) is 2.26. The number of aliphatic carboxylic acids is 2. The zero-order chi connectivity index (χ0) is 8.31. The van der Waals surface area contributed by atoms with E-state index in [1.54, 1.807) is 0 Å². The molecule has 6 nitrogen and oxygen atoms in total. The van der Waals surface area contributed by atoms with Gasteiger partial charge in [0.25, 0.3) is 0 Å². The third-order valence-corrected chi connectivity index (χ3v) is 0.794. The van der Waals surface area contributed by atoms with Crippen LogP contribution in [-0.2, 0) is 9.59 Å². The van der Waals surface area contributed by atoms with E-state index in [2.05, 4.69) is 0 Å². The van der Waals surface area contributed by atoms with Gasteiger partial charge in [-0.15, -0.1) is 0 Å². The van der Waals surface area contributed by atoms with Gasteiger partial charge in [-0.3, -0.25) is 0 Å². The van der Waals surface area contributed by atoms with E-state index in [0.717, 1.165) is 0 Å². The third-order valence-electron chi connectivity index (χ3n) is 0.794. The normalized spacial score (nSPS) is 15.8. The molecule has 0 rings (SSSR count). The number of carbonyl (C=O) groups is 2. The fraction of sp³-hybridized carbons (Fsp3) is 0.500. The summed E-state index contributed by atoms with van der Waals surface area (Å²) in [6, 6.07) is 0. The minimum Gasteiger partial charge on any atom is -0.547 e. The molecule has 0 heterocycles. The van der Waals surface area contributed by atoms with Crippen molar-refractivity contribution in [3.05, 3.63) is 0 Å². The summed E-state index contributed by atoms with van der Waals surface area (Å²) in [5.74, 6) is -3.83. The Morgan fingerprint density at radius 3 is 1.70 bits per heavy atom. The molecule has 0 aromatic carbocycles. The summed E-state index contributed by atoms with van der Waals surface area (Å²) in [7, 11) is 0. The molecule has 3 N–H and O–H groups in total.